The van der Waals surface area contributed by atoms with Crippen molar-refractivity contribution >= 4 is 32.7 Å². The van der Waals surface area contributed by atoms with E-state index in [2.05, 4.69) is 25.9 Å². The molecule has 0 aliphatic carbocycles. The summed E-state index contributed by atoms with van der Waals surface area (Å²) in [6.45, 7) is 0. The smallest absolute Gasteiger partial charge is 0.112 e. The first kappa shape index (κ1) is 9.40. The lowest BCUT2D eigenvalue weighted by Crippen LogP contribution is -2.09. The average Bonchev–Trinajstić information content (AvgIpc) is 2.16. The third-order valence-corrected chi connectivity index (χ3v) is 2.44. The molecule has 0 aliphatic heterocycles. The molecular weight excluding hydrogens is 242 g/mol. The van der Waals surface area contributed by atoms with Crippen molar-refractivity contribution in [2.75, 3.05) is 19.0 Å². The van der Waals surface area contributed by atoms with Gasteiger partial charge in [0.2, 0.25) is 0 Å². The van der Waals surface area contributed by atoms with Gasteiger partial charge in [-0.2, -0.15) is 0 Å². The van der Waals surface area contributed by atoms with Crippen LogP contribution in [0.2, 0.25) is 0 Å². The van der Waals surface area contributed by atoms with Crippen LogP contribution in [0.3, 0.4) is 0 Å². The van der Waals surface area contributed by atoms with E-state index < -0.39 is 0 Å². The van der Waals surface area contributed by atoms with Crippen molar-refractivity contribution in [1.29, 1.82) is 0 Å². The zero-order valence-corrected chi connectivity index (χ0v) is 9.62. The summed E-state index contributed by atoms with van der Waals surface area (Å²) in [4.78, 5) is 10.6. The monoisotopic (exact) mass is 251 g/mol. The van der Waals surface area contributed by atoms with Gasteiger partial charge in [-0.05, 0) is 28.1 Å². The number of hydrogen-bond donors (Lipinski definition) is 0. The van der Waals surface area contributed by atoms with Gasteiger partial charge in [-0.1, -0.05) is 0 Å². The summed E-state index contributed by atoms with van der Waals surface area (Å²) in [6, 6.07) is 3.93. The highest BCUT2D eigenvalue weighted by molar-refractivity contribution is 9.10. The van der Waals surface area contributed by atoms with Crippen molar-refractivity contribution in [3.8, 4) is 0 Å². The van der Waals surface area contributed by atoms with Gasteiger partial charge < -0.3 is 4.90 Å². The minimum absolute atomic E-state index is 0.908. The highest BCUT2D eigenvalue weighted by atomic mass is 79.9. The fourth-order valence-electron chi connectivity index (χ4n) is 1.35. The maximum atomic E-state index is 4.35. The van der Waals surface area contributed by atoms with Crippen LogP contribution < -0.4 is 4.90 Å². The Bertz CT molecular complexity index is 468. The molecule has 0 amide bonds. The predicted molar refractivity (Wildman–Crippen MR) is 61.6 cm³/mol. The summed E-state index contributed by atoms with van der Waals surface area (Å²) in [5.41, 5.74) is 2.92. The first-order chi connectivity index (χ1) is 6.68. The summed E-state index contributed by atoms with van der Waals surface area (Å²) < 4.78 is 0.952. The minimum atomic E-state index is 0.908. The van der Waals surface area contributed by atoms with Crippen molar-refractivity contribution in [3.05, 3.63) is 29.0 Å². The second kappa shape index (κ2) is 3.53. The standard InChI is InChI=1S/C10H10BrN3/c1-14(2)9-3-4-12-8-5-7(11)6-13-10(8)9/h3-6H,1-2H3. The Labute approximate surface area is 90.9 Å². The molecule has 3 nitrogen and oxygen atoms in total. The van der Waals surface area contributed by atoms with E-state index in [1.807, 2.05) is 31.1 Å². The molecule has 0 N–H and O–H groups in total. The molecule has 4 heteroatoms. The number of fused-ring (bicyclic) bond motifs is 1. The topological polar surface area (TPSA) is 29.0 Å². The molecule has 2 heterocycles. The van der Waals surface area contributed by atoms with Crippen molar-refractivity contribution in [1.82, 2.24) is 9.97 Å². The van der Waals surface area contributed by atoms with Crippen LogP contribution in [0.4, 0.5) is 5.69 Å². The fraction of sp³-hybridized carbons (Fsp3) is 0.200. The maximum absolute atomic E-state index is 4.35. The zero-order chi connectivity index (χ0) is 10.1. The normalized spacial score (nSPS) is 10.5. The van der Waals surface area contributed by atoms with E-state index in [9.17, 15) is 0 Å². The molecular formula is C10H10BrN3. The lowest BCUT2D eigenvalue weighted by molar-refractivity contribution is 1.13. The molecule has 72 valence electrons. The molecule has 2 rings (SSSR count). The Morgan fingerprint density at radius 2 is 2.07 bits per heavy atom. The molecule has 0 atom stereocenters. The van der Waals surface area contributed by atoms with Gasteiger partial charge in [0.1, 0.15) is 5.52 Å². The lowest BCUT2D eigenvalue weighted by atomic mass is 10.3. The molecule has 0 spiro atoms. The van der Waals surface area contributed by atoms with Crippen LogP contribution in [-0.2, 0) is 0 Å². The Balaban J connectivity index is 2.75. The summed E-state index contributed by atoms with van der Waals surface area (Å²) in [5, 5.41) is 0. The third kappa shape index (κ3) is 1.57. The largest absolute Gasteiger partial charge is 0.376 e. The maximum Gasteiger partial charge on any atom is 0.112 e. The van der Waals surface area contributed by atoms with Crippen molar-refractivity contribution < 1.29 is 0 Å². The number of nitrogens with zero attached hydrogens (tertiary/aromatic N) is 3. The van der Waals surface area contributed by atoms with Crippen LogP contribution in [0.5, 0.6) is 0 Å². The van der Waals surface area contributed by atoms with Gasteiger partial charge in [0.15, 0.2) is 0 Å². The molecule has 0 saturated heterocycles. The highest BCUT2D eigenvalue weighted by Crippen LogP contribution is 2.23. The van der Waals surface area contributed by atoms with E-state index >= 15 is 0 Å². The first-order valence-corrected chi connectivity index (χ1v) is 5.05. The summed E-state index contributed by atoms with van der Waals surface area (Å²) >= 11 is 3.38. The molecule has 0 saturated carbocycles. The van der Waals surface area contributed by atoms with Crippen molar-refractivity contribution in [2.45, 2.75) is 0 Å². The summed E-state index contributed by atoms with van der Waals surface area (Å²) in [7, 11) is 4.00. The second-order valence-electron chi connectivity index (χ2n) is 3.25. The Kier molecular flexibility index (Phi) is 2.37. The number of rotatable bonds is 1. The number of hydrogen-bond acceptors (Lipinski definition) is 3. The fourth-order valence-corrected chi connectivity index (χ4v) is 1.67. The van der Waals surface area contributed by atoms with Gasteiger partial charge in [-0.15, -0.1) is 0 Å². The van der Waals surface area contributed by atoms with E-state index in [-0.39, 0.29) is 0 Å². The van der Waals surface area contributed by atoms with Crippen LogP contribution in [0, 0.1) is 0 Å². The van der Waals surface area contributed by atoms with Gasteiger partial charge in [0.05, 0.1) is 11.2 Å². The minimum Gasteiger partial charge on any atom is -0.376 e. The molecule has 14 heavy (non-hydrogen) atoms. The molecule has 0 bridgehead atoms. The van der Waals surface area contributed by atoms with Gasteiger partial charge in [-0.25, -0.2) is 0 Å². The van der Waals surface area contributed by atoms with E-state index in [0.29, 0.717) is 0 Å². The Morgan fingerprint density at radius 3 is 2.79 bits per heavy atom. The van der Waals surface area contributed by atoms with Crippen LogP contribution in [0.1, 0.15) is 0 Å². The number of anilines is 1. The van der Waals surface area contributed by atoms with Crippen LogP contribution in [-0.4, -0.2) is 24.1 Å². The molecule has 0 aliphatic rings. The molecule has 2 aromatic rings. The van der Waals surface area contributed by atoms with Gasteiger partial charge in [-0.3, -0.25) is 9.97 Å². The quantitative estimate of drug-likeness (QED) is 0.780. The van der Waals surface area contributed by atoms with Gasteiger partial charge in [0.25, 0.3) is 0 Å². The Morgan fingerprint density at radius 1 is 1.29 bits per heavy atom. The van der Waals surface area contributed by atoms with Crippen LogP contribution >= 0.6 is 15.9 Å². The SMILES string of the molecule is CN(C)c1ccnc2cc(Br)cnc12. The predicted octanol–water partition coefficient (Wildman–Crippen LogP) is 2.46. The molecule has 0 aromatic carbocycles. The van der Waals surface area contributed by atoms with E-state index in [1.165, 1.54) is 0 Å². The third-order valence-electron chi connectivity index (χ3n) is 2.00. The van der Waals surface area contributed by atoms with Gasteiger partial charge in [0, 0.05) is 31.0 Å². The molecule has 2 aromatic heterocycles. The van der Waals surface area contributed by atoms with E-state index in [0.717, 1.165) is 21.2 Å². The molecule has 0 unspecified atom stereocenters. The Hall–Kier alpha value is -1.16. The average molecular weight is 252 g/mol. The lowest BCUT2D eigenvalue weighted by Gasteiger charge is -2.13. The number of aromatic nitrogens is 2. The van der Waals surface area contributed by atoms with Gasteiger partial charge >= 0.3 is 0 Å². The van der Waals surface area contributed by atoms with Crippen molar-refractivity contribution in [2.24, 2.45) is 0 Å². The number of halogens is 1. The zero-order valence-electron chi connectivity index (χ0n) is 8.03. The summed E-state index contributed by atoms with van der Waals surface area (Å²) in [5.74, 6) is 0. The first-order valence-electron chi connectivity index (χ1n) is 4.26. The number of pyridine rings is 2. The summed E-state index contributed by atoms with van der Waals surface area (Å²) in [6.07, 6.45) is 3.59. The van der Waals surface area contributed by atoms with Crippen LogP contribution in [0.25, 0.3) is 11.0 Å². The highest BCUT2D eigenvalue weighted by Gasteiger charge is 2.04. The van der Waals surface area contributed by atoms with E-state index in [4.69, 9.17) is 0 Å². The van der Waals surface area contributed by atoms with Crippen molar-refractivity contribution in [3.63, 3.8) is 0 Å². The van der Waals surface area contributed by atoms with E-state index in [1.54, 1.807) is 12.4 Å². The molecule has 0 radical (unpaired) electrons. The van der Waals surface area contributed by atoms with Crippen LogP contribution in [0.15, 0.2) is 29.0 Å². The second-order valence-corrected chi connectivity index (χ2v) is 4.16. The molecule has 0 fully saturated rings.